The predicted molar refractivity (Wildman–Crippen MR) is 187 cm³/mol. The van der Waals surface area contributed by atoms with Crippen LogP contribution >= 0.6 is 34.7 Å². The maximum Gasteiger partial charge on any atom is 0.305 e. The molecule has 5 aromatic rings. The summed E-state index contributed by atoms with van der Waals surface area (Å²) >= 11 is 8.96. The van der Waals surface area contributed by atoms with E-state index in [1.165, 1.54) is 16.2 Å². The van der Waals surface area contributed by atoms with E-state index in [0.29, 0.717) is 22.1 Å². The SMILES string of the molecule is O=C(COc1cccc([C@@H]2c3sc(=O)[nH]c3S[C@@H]3[C@@H]4C[C@@H]([C@@H]5C(=O)N(c6ccc(Cl)cc6)C(=O)[C@@H]45)[C@H]23)c1)Nc1ccc2ccccc2c1. The summed E-state index contributed by atoms with van der Waals surface area (Å²) in [5, 5.41) is 6.50. The molecule has 8 nitrogen and oxygen atoms in total. The van der Waals surface area contributed by atoms with Gasteiger partial charge >= 0.3 is 4.87 Å². The van der Waals surface area contributed by atoms with Crippen LogP contribution < -0.4 is 19.8 Å². The van der Waals surface area contributed by atoms with E-state index in [2.05, 4.69) is 10.3 Å². The Morgan fingerprint density at radius 1 is 0.896 bits per heavy atom. The number of aromatic amines is 1. The van der Waals surface area contributed by atoms with Crippen molar-refractivity contribution in [3.05, 3.63) is 116 Å². The van der Waals surface area contributed by atoms with E-state index >= 15 is 0 Å². The Kier molecular flexibility index (Phi) is 7.04. The summed E-state index contributed by atoms with van der Waals surface area (Å²) in [7, 11) is 0. The molecular formula is C37H28ClN3O5S2. The third-order valence-corrected chi connectivity index (χ3v) is 13.3. The van der Waals surface area contributed by atoms with Crippen LogP contribution in [-0.4, -0.2) is 34.6 Å². The number of carbonyl (C=O) groups excluding carboxylic acids is 3. The van der Waals surface area contributed by atoms with Crippen molar-refractivity contribution in [1.82, 2.24) is 4.98 Å². The van der Waals surface area contributed by atoms with Gasteiger partial charge < -0.3 is 15.0 Å². The van der Waals surface area contributed by atoms with E-state index in [4.69, 9.17) is 16.3 Å². The standard InChI is InChI=1S/C37H28ClN3O5S2/c38-21-9-12-23(13-10-21)41-35(43)30-25-16-26(31(30)36(41)44)32-29(25)28(33-34(47-32)40-37(45)48-33)20-6-3-7-24(15-20)46-17-27(42)39-22-11-8-18-4-1-2-5-19(18)14-22/h1-15,25-26,28-32H,16-17H2,(H,39,42)(H,40,45)/t25-,26-,28+,29-,30+,31+,32-/m1/s1. The van der Waals surface area contributed by atoms with Crippen molar-refractivity contribution in [2.45, 2.75) is 22.6 Å². The highest BCUT2D eigenvalue weighted by Gasteiger charge is 2.69. The Labute approximate surface area is 288 Å². The van der Waals surface area contributed by atoms with Crippen molar-refractivity contribution in [3.8, 4) is 5.75 Å². The number of aromatic nitrogens is 1. The number of nitrogens with one attached hydrogen (secondary N) is 2. The number of imide groups is 1. The van der Waals surface area contributed by atoms with Gasteiger partial charge in [-0.15, -0.1) is 11.8 Å². The van der Waals surface area contributed by atoms with Crippen molar-refractivity contribution in [2.24, 2.45) is 29.6 Å². The van der Waals surface area contributed by atoms with Crippen LogP contribution in [0.25, 0.3) is 10.8 Å². The largest absolute Gasteiger partial charge is 0.484 e. The number of H-pyrrole nitrogens is 1. The Hall–Kier alpha value is -4.38. The monoisotopic (exact) mass is 693 g/mol. The number of hydrogen-bond donors (Lipinski definition) is 2. The zero-order valence-electron chi connectivity index (χ0n) is 25.3. The highest BCUT2D eigenvalue weighted by Crippen LogP contribution is 2.68. The Morgan fingerprint density at radius 2 is 1.67 bits per heavy atom. The molecule has 0 spiro atoms. The zero-order valence-corrected chi connectivity index (χ0v) is 27.7. The highest BCUT2D eigenvalue weighted by atomic mass is 35.5. The molecular weight excluding hydrogens is 666 g/mol. The molecule has 3 heterocycles. The van der Waals surface area contributed by atoms with Gasteiger partial charge in [0, 0.05) is 26.8 Å². The number of thioether (sulfide) groups is 1. The molecule has 1 aromatic heterocycles. The first-order valence-corrected chi connectivity index (χ1v) is 18.0. The molecule has 48 heavy (non-hydrogen) atoms. The number of halogens is 1. The Morgan fingerprint density at radius 3 is 2.48 bits per heavy atom. The van der Waals surface area contributed by atoms with E-state index in [1.807, 2.05) is 66.7 Å². The lowest BCUT2D eigenvalue weighted by Crippen LogP contribution is -2.42. The van der Waals surface area contributed by atoms with Gasteiger partial charge in [-0.1, -0.05) is 65.4 Å². The van der Waals surface area contributed by atoms with Gasteiger partial charge in [-0.2, -0.15) is 0 Å². The minimum atomic E-state index is -0.405. The van der Waals surface area contributed by atoms with Gasteiger partial charge in [0.15, 0.2) is 6.61 Å². The van der Waals surface area contributed by atoms with Crippen LogP contribution in [-0.2, 0) is 14.4 Å². The zero-order chi connectivity index (χ0) is 32.7. The minimum Gasteiger partial charge on any atom is -0.484 e. The summed E-state index contributed by atoms with van der Waals surface area (Å²) in [4.78, 5) is 58.6. The maximum absolute atomic E-state index is 14.0. The molecule has 7 atom stereocenters. The lowest BCUT2D eigenvalue weighted by atomic mass is 9.68. The van der Waals surface area contributed by atoms with Crippen molar-refractivity contribution >= 4 is 74.6 Å². The number of fused-ring (bicyclic) bond motifs is 10. The Balaban J connectivity index is 0.987. The first-order chi connectivity index (χ1) is 23.3. The normalized spacial score (nSPS) is 26.8. The van der Waals surface area contributed by atoms with Crippen molar-refractivity contribution in [1.29, 1.82) is 0 Å². The predicted octanol–water partition coefficient (Wildman–Crippen LogP) is 6.94. The molecule has 11 heteroatoms. The van der Waals surface area contributed by atoms with Gasteiger partial charge in [-0.05, 0) is 89.0 Å². The topological polar surface area (TPSA) is 109 Å². The van der Waals surface area contributed by atoms with E-state index in [1.54, 1.807) is 36.0 Å². The van der Waals surface area contributed by atoms with Gasteiger partial charge in [0.1, 0.15) is 5.75 Å². The smallest absolute Gasteiger partial charge is 0.305 e. The van der Waals surface area contributed by atoms with Gasteiger partial charge in [-0.25, -0.2) is 0 Å². The summed E-state index contributed by atoms with van der Waals surface area (Å²) in [5.74, 6) is -0.912. The molecule has 4 aromatic carbocycles. The second-order valence-electron chi connectivity index (χ2n) is 12.9. The average molecular weight is 694 g/mol. The third kappa shape index (κ3) is 4.72. The molecule has 240 valence electrons. The number of carbonyl (C=O) groups is 3. The molecule has 1 saturated heterocycles. The number of nitrogens with zero attached hydrogens (tertiary/aromatic N) is 1. The molecule has 2 N–H and O–H groups in total. The fourth-order valence-electron chi connectivity index (χ4n) is 8.65. The van der Waals surface area contributed by atoms with Crippen LogP contribution in [0, 0.1) is 29.6 Å². The van der Waals surface area contributed by atoms with E-state index < -0.39 is 5.92 Å². The first kappa shape index (κ1) is 29.7. The van der Waals surface area contributed by atoms with Crippen LogP contribution in [0.15, 0.2) is 101 Å². The van der Waals surface area contributed by atoms with Crippen LogP contribution in [0.1, 0.15) is 22.8 Å². The van der Waals surface area contributed by atoms with Crippen molar-refractivity contribution in [3.63, 3.8) is 0 Å². The molecule has 2 aliphatic carbocycles. The maximum atomic E-state index is 14.0. The number of amides is 3. The third-order valence-electron chi connectivity index (χ3n) is 10.4. The minimum absolute atomic E-state index is 0.0148. The molecule has 3 amide bonds. The number of benzene rings is 4. The summed E-state index contributed by atoms with van der Waals surface area (Å²) in [6.07, 6.45) is 0.796. The molecule has 3 fully saturated rings. The van der Waals surface area contributed by atoms with Crippen LogP contribution in [0.2, 0.25) is 5.02 Å². The number of hydrogen-bond acceptors (Lipinski definition) is 7. The van der Waals surface area contributed by atoms with Gasteiger partial charge in [0.2, 0.25) is 11.8 Å². The number of rotatable bonds is 6. The average Bonchev–Trinajstić information content (AvgIpc) is 3.83. The lowest BCUT2D eigenvalue weighted by molar-refractivity contribution is -0.123. The molecule has 2 saturated carbocycles. The van der Waals surface area contributed by atoms with E-state index in [9.17, 15) is 19.2 Å². The number of anilines is 2. The van der Waals surface area contributed by atoms with E-state index in [0.717, 1.165) is 32.7 Å². The summed E-state index contributed by atoms with van der Waals surface area (Å²) in [6, 6.07) is 28.3. The number of ether oxygens (including phenoxy) is 1. The molecule has 2 bridgehead atoms. The second-order valence-corrected chi connectivity index (χ2v) is 15.6. The highest BCUT2D eigenvalue weighted by molar-refractivity contribution is 8.00. The summed E-state index contributed by atoms with van der Waals surface area (Å²) in [5.41, 5.74) is 2.21. The fourth-order valence-corrected chi connectivity index (χ4v) is 11.7. The quantitative estimate of drug-likeness (QED) is 0.187. The molecule has 2 aliphatic heterocycles. The lowest BCUT2D eigenvalue weighted by Gasteiger charge is -2.43. The second kappa shape index (κ2) is 11.4. The van der Waals surface area contributed by atoms with Gasteiger partial charge in [0.05, 0.1) is 22.5 Å². The van der Waals surface area contributed by atoms with Crippen LogP contribution in [0.4, 0.5) is 11.4 Å². The van der Waals surface area contributed by atoms with Gasteiger partial charge in [0.25, 0.3) is 5.91 Å². The number of thiazole rings is 1. The first-order valence-electron chi connectivity index (χ1n) is 15.9. The summed E-state index contributed by atoms with van der Waals surface area (Å²) in [6.45, 7) is -0.169. The van der Waals surface area contributed by atoms with Crippen LogP contribution in [0.3, 0.4) is 0 Å². The van der Waals surface area contributed by atoms with Crippen molar-refractivity contribution < 1.29 is 19.1 Å². The van der Waals surface area contributed by atoms with Crippen molar-refractivity contribution in [2.75, 3.05) is 16.8 Å². The van der Waals surface area contributed by atoms with E-state index in [-0.39, 0.29) is 64.0 Å². The molecule has 0 radical (unpaired) electrons. The molecule has 9 rings (SSSR count). The molecule has 0 unspecified atom stereocenters. The fraction of sp³-hybridized carbons (Fsp3) is 0.243. The molecule has 4 aliphatic rings. The summed E-state index contributed by atoms with van der Waals surface area (Å²) < 4.78 is 6.00. The van der Waals surface area contributed by atoms with Gasteiger partial charge in [-0.3, -0.25) is 24.1 Å². The van der Waals surface area contributed by atoms with Crippen LogP contribution in [0.5, 0.6) is 5.75 Å². The Bertz CT molecular complexity index is 2200.